The van der Waals surface area contributed by atoms with Crippen molar-refractivity contribution in [1.82, 2.24) is 31.2 Å². The van der Waals surface area contributed by atoms with E-state index in [2.05, 4.69) is 31.2 Å². The third-order valence-electron chi connectivity index (χ3n) is 6.13. The normalized spacial score (nSPS) is 12.8. The second-order valence-corrected chi connectivity index (χ2v) is 9.46. The molecule has 0 aliphatic rings. The van der Waals surface area contributed by atoms with Crippen LogP contribution in [-0.4, -0.2) is 81.0 Å². The third kappa shape index (κ3) is 10.4. The first-order valence-corrected chi connectivity index (χ1v) is 13.0. The van der Waals surface area contributed by atoms with Crippen LogP contribution in [0.2, 0.25) is 0 Å². The summed E-state index contributed by atoms with van der Waals surface area (Å²) in [6.45, 7) is -0.930. The summed E-state index contributed by atoms with van der Waals surface area (Å²) < 4.78 is 0. The molecule has 0 saturated heterocycles. The van der Waals surface area contributed by atoms with E-state index in [0.717, 1.165) is 5.56 Å². The molecular weight excluding hydrogens is 546 g/mol. The zero-order chi connectivity index (χ0) is 30.5. The van der Waals surface area contributed by atoms with Crippen molar-refractivity contribution in [3.63, 3.8) is 0 Å². The van der Waals surface area contributed by atoms with Crippen molar-refractivity contribution < 1.29 is 34.2 Å². The highest BCUT2D eigenvalue weighted by molar-refractivity contribution is 5.93. The Bertz CT molecular complexity index is 1350. The number of carbonyl (C=O) groups excluding carboxylic acids is 4. The van der Waals surface area contributed by atoms with E-state index in [4.69, 9.17) is 5.73 Å². The van der Waals surface area contributed by atoms with E-state index in [-0.39, 0.29) is 25.0 Å². The highest BCUT2D eigenvalue weighted by atomic mass is 16.4. The molecule has 222 valence electrons. The number of nitrogens with zero attached hydrogens (tertiary/aromatic N) is 1. The highest BCUT2D eigenvalue weighted by Crippen LogP contribution is 2.11. The number of amides is 4. The molecule has 1 aromatic heterocycles. The number of rotatable bonds is 15. The number of phenolic OH excluding ortho intramolecular Hbond substituents is 1. The molecule has 3 rings (SSSR count). The van der Waals surface area contributed by atoms with Crippen molar-refractivity contribution in [1.29, 1.82) is 0 Å². The molecule has 2 aromatic carbocycles. The van der Waals surface area contributed by atoms with Gasteiger partial charge in [0.2, 0.25) is 23.6 Å². The Kier molecular flexibility index (Phi) is 11.6. The van der Waals surface area contributed by atoms with E-state index in [0.29, 0.717) is 11.3 Å². The zero-order valence-corrected chi connectivity index (χ0v) is 22.6. The molecule has 3 atom stereocenters. The number of carboxylic acid groups (broad SMARTS) is 1. The van der Waals surface area contributed by atoms with E-state index in [1.54, 1.807) is 42.5 Å². The van der Waals surface area contributed by atoms with Crippen LogP contribution in [0.1, 0.15) is 16.8 Å². The van der Waals surface area contributed by atoms with Crippen LogP contribution in [0.4, 0.5) is 0 Å². The average Bonchev–Trinajstić information content (AvgIpc) is 3.49. The fourth-order valence-electron chi connectivity index (χ4n) is 3.91. The van der Waals surface area contributed by atoms with Crippen molar-refractivity contribution in [2.75, 3.05) is 13.1 Å². The number of aromatic nitrogens is 2. The summed E-state index contributed by atoms with van der Waals surface area (Å²) in [6, 6.07) is 11.6. The molecule has 0 aliphatic heterocycles. The average molecular weight is 580 g/mol. The van der Waals surface area contributed by atoms with Gasteiger partial charge in [-0.1, -0.05) is 42.5 Å². The Balaban J connectivity index is 1.51. The maximum atomic E-state index is 13.1. The van der Waals surface area contributed by atoms with Gasteiger partial charge >= 0.3 is 5.97 Å². The summed E-state index contributed by atoms with van der Waals surface area (Å²) in [4.78, 5) is 68.6. The first-order valence-electron chi connectivity index (χ1n) is 13.0. The fourth-order valence-corrected chi connectivity index (χ4v) is 3.91. The van der Waals surface area contributed by atoms with Crippen LogP contribution in [-0.2, 0) is 43.2 Å². The lowest BCUT2D eigenvalue weighted by Crippen LogP contribution is -2.54. The lowest BCUT2D eigenvalue weighted by atomic mass is 10.0. The number of aromatic amines is 1. The van der Waals surface area contributed by atoms with Gasteiger partial charge in [-0.3, -0.25) is 19.2 Å². The molecule has 1 heterocycles. The molecular formula is C28H33N7O7. The van der Waals surface area contributed by atoms with Crippen LogP contribution in [0, 0.1) is 0 Å². The Morgan fingerprint density at radius 3 is 2.10 bits per heavy atom. The predicted octanol–water partition coefficient (Wildman–Crippen LogP) is -1.24. The number of phenols is 1. The Labute approximate surface area is 241 Å². The zero-order valence-electron chi connectivity index (χ0n) is 22.6. The van der Waals surface area contributed by atoms with E-state index in [9.17, 15) is 34.2 Å². The van der Waals surface area contributed by atoms with Crippen molar-refractivity contribution in [2.24, 2.45) is 5.73 Å². The van der Waals surface area contributed by atoms with Crippen molar-refractivity contribution in [2.45, 2.75) is 37.4 Å². The summed E-state index contributed by atoms with van der Waals surface area (Å²) in [5, 5.41) is 28.7. The lowest BCUT2D eigenvalue weighted by Gasteiger charge is -2.21. The molecule has 42 heavy (non-hydrogen) atoms. The van der Waals surface area contributed by atoms with Gasteiger partial charge in [-0.25, -0.2) is 9.78 Å². The Morgan fingerprint density at radius 2 is 1.45 bits per heavy atom. The van der Waals surface area contributed by atoms with Gasteiger partial charge in [-0.05, 0) is 29.7 Å². The fraction of sp³-hybridized carbons (Fsp3) is 0.286. The van der Waals surface area contributed by atoms with Gasteiger partial charge in [-0.15, -0.1) is 0 Å². The first kappa shape index (κ1) is 31.3. The van der Waals surface area contributed by atoms with Crippen LogP contribution >= 0.6 is 0 Å². The second-order valence-electron chi connectivity index (χ2n) is 9.46. The third-order valence-corrected chi connectivity index (χ3v) is 6.13. The van der Waals surface area contributed by atoms with E-state index >= 15 is 0 Å². The molecule has 0 spiro atoms. The second kappa shape index (κ2) is 15.5. The summed E-state index contributed by atoms with van der Waals surface area (Å²) in [5.41, 5.74) is 7.83. The molecule has 0 bridgehead atoms. The smallest absolute Gasteiger partial charge is 0.326 e. The molecule has 14 nitrogen and oxygen atoms in total. The molecule has 14 heteroatoms. The van der Waals surface area contributed by atoms with E-state index < -0.39 is 60.8 Å². The van der Waals surface area contributed by atoms with Crippen LogP contribution in [0.5, 0.6) is 5.75 Å². The highest BCUT2D eigenvalue weighted by Gasteiger charge is 2.27. The maximum Gasteiger partial charge on any atom is 0.326 e. The molecule has 3 aromatic rings. The van der Waals surface area contributed by atoms with Crippen LogP contribution in [0.25, 0.3) is 0 Å². The van der Waals surface area contributed by atoms with E-state index in [1.165, 1.54) is 24.7 Å². The van der Waals surface area contributed by atoms with Gasteiger partial charge in [0.05, 0.1) is 25.5 Å². The number of hydrogen-bond donors (Lipinski definition) is 8. The molecule has 0 radical (unpaired) electrons. The minimum absolute atomic E-state index is 0.0482. The van der Waals surface area contributed by atoms with Gasteiger partial charge in [-0.2, -0.15) is 0 Å². The van der Waals surface area contributed by atoms with Gasteiger partial charge in [0, 0.05) is 24.7 Å². The molecule has 0 saturated carbocycles. The van der Waals surface area contributed by atoms with Crippen LogP contribution in [0.3, 0.4) is 0 Å². The summed E-state index contributed by atoms with van der Waals surface area (Å²) in [6.07, 6.45) is 3.04. The van der Waals surface area contributed by atoms with Gasteiger partial charge < -0.3 is 42.2 Å². The largest absolute Gasteiger partial charge is 0.508 e. The monoisotopic (exact) mass is 579 g/mol. The van der Waals surface area contributed by atoms with E-state index in [1.807, 2.05) is 0 Å². The Hall–Kier alpha value is -5.24. The number of aromatic hydroxyl groups is 1. The molecule has 4 amide bonds. The van der Waals surface area contributed by atoms with Crippen molar-refractivity contribution in [3.8, 4) is 5.75 Å². The van der Waals surface area contributed by atoms with Crippen LogP contribution < -0.4 is 27.0 Å². The first-order chi connectivity index (χ1) is 20.1. The number of carbonyl (C=O) groups is 5. The summed E-state index contributed by atoms with van der Waals surface area (Å²) in [5.74, 6) is -3.84. The molecule has 0 unspecified atom stereocenters. The Morgan fingerprint density at radius 1 is 0.786 bits per heavy atom. The number of benzene rings is 2. The summed E-state index contributed by atoms with van der Waals surface area (Å²) in [7, 11) is 0. The topological polar surface area (TPSA) is 229 Å². The number of carboxylic acids is 1. The number of H-pyrrole nitrogens is 1. The number of nitrogens with two attached hydrogens (primary N) is 1. The number of aliphatic carboxylic acids is 1. The lowest BCUT2D eigenvalue weighted by molar-refractivity contribution is -0.142. The minimum Gasteiger partial charge on any atom is -0.508 e. The quantitative estimate of drug-likeness (QED) is 0.107. The number of imidazole rings is 1. The standard InChI is InChI=1S/C28H33N7O7/c29-21(10-18-6-8-20(36)9-7-18)26(39)32-14-24(37)31-15-25(38)34-22(11-17-4-2-1-3-5-17)27(40)35-23(28(41)42)12-19-13-30-16-33-19/h1-9,13,16,21-23,36H,10-12,14-15,29H2,(H,30,33)(H,31,37)(H,32,39)(H,34,38)(H,35,40)(H,41,42)/t21-,22-,23-/m0/s1. The van der Waals surface area contributed by atoms with Gasteiger partial charge in [0.25, 0.3) is 0 Å². The summed E-state index contributed by atoms with van der Waals surface area (Å²) >= 11 is 0. The number of nitrogens with one attached hydrogen (secondary N) is 5. The van der Waals surface area contributed by atoms with Gasteiger partial charge in [0.1, 0.15) is 17.8 Å². The SMILES string of the molecule is N[C@@H](Cc1ccc(O)cc1)C(=O)NCC(=O)NCC(=O)N[C@@H](Cc1ccccc1)C(=O)N[C@@H](Cc1cnc[nH]1)C(=O)O. The van der Waals surface area contributed by atoms with Crippen molar-refractivity contribution >= 4 is 29.6 Å². The van der Waals surface area contributed by atoms with Gasteiger partial charge in [0.15, 0.2) is 0 Å². The van der Waals surface area contributed by atoms with Crippen LogP contribution in [0.15, 0.2) is 67.1 Å². The molecule has 9 N–H and O–H groups in total. The molecule has 0 aliphatic carbocycles. The minimum atomic E-state index is -1.28. The number of hydrogen-bond acceptors (Lipinski definition) is 8. The van der Waals surface area contributed by atoms with Crippen molar-refractivity contribution in [3.05, 3.63) is 83.9 Å². The maximum absolute atomic E-state index is 13.1. The molecule has 0 fully saturated rings. The predicted molar refractivity (Wildman–Crippen MR) is 150 cm³/mol.